The van der Waals surface area contributed by atoms with E-state index in [1.54, 1.807) is 47.7 Å². The number of hydrogen-bond donors (Lipinski definition) is 1. The molecule has 1 fully saturated rings. The molecule has 4 aromatic rings. The Morgan fingerprint density at radius 2 is 1.47 bits per heavy atom. The van der Waals surface area contributed by atoms with Gasteiger partial charge in [0.2, 0.25) is 0 Å². The van der Waals surface area contributed by atoms with Gasteiger partial charge in [0, 0.05) is 56.0 Å². The number of nitrogens with one attached hydrogen (secondary N) is 1. The molecule has 36 heavy (non-hydrogen) atoms. The molecule has 2 heterocycles. The van der Waals surface area contributed by atoms with Crippen LogP contribution in [0, 0.1) is 13.8 Å². The van der Waals surface area contributed by atoms with Crippen LogP contribution in [0.1, 0.15) is 37.4 Å². The molecule has 0 saturated carbocycles. The van der Waals surface area contributed by atoms with Crippen molar-refractivity contribution in [2.75, 3.05) is 44.2 Å². The van der Waals surface area contributed by atoms with Gasteiger partial charge in [0.05, 0.1) is 10.2 Å². The molecule has 6 nitrogen and oxygen atoms in total. The lowest BCUT2D eigenvalue weighted by Gasteiger charge is -2.34. The van der Waals surface area contributed by atoms with E-state index in [-0.39, 0.29) is 11.7 Å². The van der Waals surface area contributed by atoms with E-state index in [1.165, 1.54) is 15.8 Å². The van der Waals surface area contributed by atoms with Crippen LogP contribution in [0.5, 0.6) is 0 Å². The standard InChI is InChI=1S/C29H30N4O2S/c1-20-8-9-21(2)27-25(20)31-29(36-27)33-18-16-32(17-19-33)15-14-30-28(35)24-12-10-23(11-13-24)26(34)22-6-4-3-5-7-22/h3-13H,14-19H2,1-2H3,(H,30,35). The maximum Gasteiger partial charge on any atom is 0.251 e. The highest BCUT2D eigenvalue weighted by Gasteiger charge is 2.21. The van der Waals surface area contributed by atoms with E-state index in [1.807, 2.05) is 18.2 Å². The Kier molecular flexibility index (Phi) is 7.11. The molecule has 5 rings (SSSR count). The van der Waals surface area contributed by atoms with Crippen molar-refractivity contribution in [3.63, 3.8) is 0 Å². The van der Waals surface area contributed by atoms with Crippen LogP contribution in [0.2, 0.25) is 0 Å². The minimum absolute atomic E-state index is 0.0437. The Hall–Kier alpha value is -3.55. The van der Waals surface area contributed by atoms with Crippen LogP contribution in [-0.4, -0.2) is 60.8 Å². The summed E-state index contributed by atoms with van der Waals surface area (Å²) in [5.41, 5.74) is 5.41. The molecule has 0 unspecified atom stereocenters. The number of rotatable bonds is 7. The van der Waals surface area contributed by atoms with Crippen LogP contribution >= 0.6 is 11.3 Å². The lowest BCUT2D eigenvalue weighted by atomic mass is 10.0. The van der Waals surface area contributed by atoms with E-state index in [9.17, 15) is 9.59 Å². The molecule has 0 spiro atoms. The van der Waals surface area contributed by atoms with Crippen molar-refractivity contribution in [2.24, 2.45) is 0 Å². The Balaban J connectivity index is 1.09. The van der Waals surface area contributed by atoms with Gasteiger partial charge in [-0.15, -0.1) is 0 Å². The fraction of sp³-hybridized carbons (Fsp3) is 0.276. The number of ketones is 1. The molecule has 184 valence electrons. The van der Waals surface area contributed by atoms with Gasteiger partial charge in [0.25, 0.3) is 5.91 Å². The van der Waals surface area contributed by atoms with Gasteiger partial charge in [-0.25, -0.2) is 4.98 Å². The lowest BCUT2D eigenvalue weighted by Crippen LogP contribution is -2.48. The summed E-state index contributed by atoms with van der Waals surface area (Å²) in [4.78, 5) is 34.8. The van der Waals surface area contributed by atoms with E-state index >= 15 is 0 Å². The normalized spacial score (nSPS) is 14.2. The largest absolute Gasteiger partial charge is 0.351 e. The zero-order valence-corrected chi connectivity index (χ0v) is 21.5. The van der Waals surface area contributed by atoms with Gasteiger partial charge < -0.3 is 10.2 Å². The van der Waals surface area contributed by atoms with Gasteiger partial charge in [-0.3, -0.25) is 14.5 Å². The SMILES string of the molecule is Cc1ccc(C)c2sc(N3CCN(CCNC(=O)c4ccc(C(=O)c5ccccc5)cc4)CC3)nc12. The molecule has 1 amide bonds. The summed E-state index contributed by atoms with van der Waals surface area (Å²) in [7, 11) is 0. The molecule has 3 aromatic carbocycles. The minimum atomic E-state index is -0.118. The van der Waals surface area contributed by atoms with Gasteiger partial charge in [-0.2, -0.15) is 0 Å². The number of piperazine rings is 1. The predicted molar refractivity (Wildman–Crippen MR) is 146 cm³/mol. The van der Waals surface area contributed by atoms with E-state index in [0.29, 0.717) is 23.2 Å². The van der Waals surface area contributed by atoms with Crippen molar-refractivity contribution < 1.29 is 9.59 Å². The summed E-state index contributed by atoms with van der Waals surface area (Å²) >= 11 is 1.78. The van der Waals surface area contributed by atoms with Crippen molar-refractivity contribution in [3.8, 4) is 0 Å². The highest BCUT2D eigenvalue weighted by molar-refractivity contribution is 7.22. The first-order valence-corrected chi connectivity index (χ1v) is 13.1. The first kappa shape index (κ1) is 24.2. The van der Waals surface area contributed by atoms with Crippen LogP contribution in [0.4, 0.5) is 5.13 Å². The topological polar surface area (TPSA) is 65.5 Å². The molecule has 0 bridgehead atoms. The Morgan fingerprint density at radius 3 is 2.17 bits per heavy atom. The molecule has 1 N–H and O–H groups in total. The number of carbonyl (C=O) groups is 2. The van der Waals surface area contributed by atoms with Gasteiger partial charge in [-0.1, -0.05) is 65.9 Å². The van der Waals surface area contributed by atoms with Crippen LogP contribution < -0.4 is 10.2 Å². The lowest BCUT2D eigenvalue weighted by molar-refractivity contribution is 0.0946. The number of benzene rings is 3. The summed E-state index contributed by atoms with van der Waals surface area (Å²) in [5, 5.41) is 4.11. The van der Waals surface area contributed by atoms with Crippen LogP contribution in [0.15, 0.2) is 66.7 Å². The number of aromatic nitrogens is 1. The highest BCUT2D eigenvalue weighted by atomic mass is 32.1. The molecule has 1 aromatic heterocycles. The number of hydrogen-bond acceptors (Lipinski definition) is 6. The molecule has 1 aliphatic heterocycles. The molecule has 0 atom stereocenters. The van der Waals surface area contributed by atoms with Gasteiger partial charge in [0.1, 0.15) is 0 Å². The zero-order valence-electron chi connectivity index (χ0n) is 20.7. The van der Waals surface area contributed by atoms with E-state index < -0.39 is 0 Å². The second kappa shape index (κ2) is 10.6. The molecular formula is C29H30N4O2S. The van der Waals surface area contributed by atoms with Gasteiger partial charge in [0.15, 0.2) is 10.9 Å². The molecule has 1 aliphatic rings. The van der Waals surface area contributed by atoms with E-state index in [2.05, 4.69) is 41.1 Å². The van der Waals surface area contributed by atoms with Crippen LogP contribution in [0.25, 0.3) is 10.2 Å². The fourth-order valence-corrected chi connectivity index (χ4v) is 5.67. The third-order valence-corrected chi connectivity index (χ3v) is 7.98. The molecule has 0 radical (unpaired) electrons. The summed E-state index contributed by atoms with van der Waals surface area (Å²) in [6, 6.07) is 20.3. The van der Waals surface area contributed by atoms with Gasteiger partial charge in [-0.05, 0) is 37.1 Å². The Labute approximate surface area is 215 Å². The van der Waals surface area contributed by atoms with Crippen molar-refractivity contribution >= 4 is 38.4 Å². The molecule has 1 saturated heterocycles. The molecule has 0 aliphatic carbocycles. The quantitative estimate of drug-likeness (QED) is 0.374. The minimum Gasteiger partial charge on any atom is -0.351 e. The summed E-state index contributed by atoms with van der Waals surface area (Å²) in [6.45, 7) is 9.42. The maximum absolute atomic E-state index is 12.6. The fourth-order valence-electron chi connectivity index (χ4n) is 4.50. The van der Waals surface area contributed by atoms with Crippen molar-refractivity contribution in [2.45, 2.75) is 13.8 Å². The smallest absolute Gasteiger partial charge is 0.251 e. The first-order chi connectivity index (χ1) is 17.5. The number of fused-ring (bicyclic) bond motifs is 1. The second-order valence-electron chi connectivity index (χ2n) is 9.23. The number of amides is 1. The Bertz CT molecular complexity index is 1330. The monoisotopic (exact) mass is 498 g/mol. The number of aryl methyl sites for hydroxylation is 2. The highest BCUT2D eigenvalue weighted by Crippen LogP contribution is 2.33. The second-order valence-corrected chi connectivity index (χ2v) is 10.2. The van der Waals surface area contributed by atoms with Crippen molar-refractivity contribution in [1.29, 1.82) is 0 Å². The average Bonchev–Trinajstić information content (AvgIpc) is 3.38. The summed E-state index contributed by atoms with van der Waals surface area (Å²) in [5.74, 6) is -0.162. The van der Waals surface area contributed by atoms with Crippen molar-refractivity contribution in [1.82, 2.24) is 15.2 Å². The van der Waals surface area contributed by atoms with Crippen LogP contribution in [-0.2, 0) is 0 Å². The number of anilines is 1. The van der Waals surface area contributed by atoms with Gasteiger partial charge >= 0.3 is 0 Å². The average molecular weight is 499 g/mol. The van der Waals surface area contributed by atoms with E-state index in [0.717, 1.165) is 43.4 Å². The predicted octanol–water partition coefficient (Wildman–Crippen LogP) is 4.70. The third-order valence-electron chi connectivity index (χ3n) is 6.73. The van der Waals surface area contributed by atoms with Crippen molar-refractivity contribution in [3.05, 3.63) is 94.5 Å². The third kappa shape index (κ3) is 5.17. The van der Waals surface area contributed by atoms with Crippen LogP contribution in [0.3, 0.4) is 0 Å². The summed E-state index contributed by atoms with van der Waals surface area (Å²) < 4.78 is 1.28. The molecule has 7 heteroatoms. The Morgan fingerprint density at radius 1 is 0.833 bits per heavy atom. The number of thiazole rings is 1. The number of carbonyl (C=O) groups excluding carboxylic acids is 2. The zero-order chi connectivity index (χ0) is 25.1. The van der Waals surface area contributed by atoms with E-state index in [4.69, 9.17) is 4.98 Å². The first-order valence-electron chi connectivity index (χ1n) is 12.3. The maximum atomic E-state index is 12.6. The molecular weight excluding hydrogens is 468 g/mol. The summed E-state index contributed by atoms with van der Waals surface area (Å²) in [6.07, 6.45) is 0. The number of nitrogens with zero attached hydrogens (tertiary/aromatic N) is 3.